The van der Waals surface area contributed by atoms with E-state index >= 15 is 0 Å². The first-order valence-electron chi connectivity index (χ1n) is 5.08. The third kappa shape index (κ3) is 2.09. The molecule has 0 bridgehead atoms. The molecule has 90 valence electrons. The van der Waals surface area contributed by atoms with E-state index in [0.29, 0.717) is 17.0 Å². The molecule has 0 saturated heterocycles. The molecule has 1 aromatic heterocycles. The molecule has 0 fully saturated rings. The van der Waals surface area contributed by atoms with Gasteiger partial charge in [0.05, 0.1) is 24.6 Å². The smallest absolute Gasteiger partial charge is 0.151 e. The monoisotopic (exact) mass is 244 g/mol. The summed E-state index contributed by atoms with van der Waals surface area (Å²) in [5.74, 6) is -0.200. The molecule has 0 aliphatic heterocycles. The van der Waals surface area contributed by atoms with Crippen LogP contribution in [-0.2, 0) is 0 Å². The molecule has 0 saturated carbocycles. The van der Waals surface area contributed by atoms with Crippen molar-refractivity contribution in [2.24, 2.45) is 0 Å². The summed E-state index contributed by atoms with van der Waals surface area (Å²) >= 11 is 0. The van der Waals surface area contributed by atoms with Crippen LogP contribution in [0.2, 0.25) is 0 Å². The van der Waals surface area contributed by atoms with Crippen molar-refractivity contribution in [3.05, 3.63) is 41.8 Å². The van der Waals surface area contributed by atoms with E-state index in [-0.39, 0.29) is 11.3 Å². The van der Waals surface area contributed by atoms with Crippen molar-refractivity contribution in [2.75, 3.05) is 7.11 Å². The molecule has 0 aliphatic carbocycles. The molecule has 1 heterocycles. The fraction of sp³-hybridized carbons (Fsp3) is 0.0769. The number of benzene rings is 1. The molecule has 1 aromatic carbocycles. The van der Waals surface area contributed by atoms with Crippen LogP contribution in [-0.4, -0.2) is 17.2 Å². The van der Waals surface area contributed by atoms with Crippen LogP contribution in [0.4, 0.5) is 4.39 Å². The summed E-state index contributed by atoms with van der Waals surface area (Å²) in [6.45, 7) is 0. The lowest BCUT2D eigenvalue weighted by Crippen LogP contribution is -1.92. The fourth-order valence-electron chi connectivity index (χ4n) is 1.57. The zero-order valence-corrected chi connectivity index (χ0v) is 9.51. The van der Waals surface area contributed by atoms with Crippen LogP contribution in [0.25, 0.3) is 11.3 Å². The SMILES string of the molecule is COc1ccc(F)cc1-c1cc(C#N)c(O)cn1. The molecule has 0 unspecified atom stereocenters. The van der Waals surface area contributed by atoms with Gasteiger partial charge in [-0.05, 0) is 24.3 Å². The molecule has 1 N–H and O–H groups in total. The second-order valence-corrected chi connectivity index (χ2v) is 3.54. The second kappa shape index (κ2) is 4.72. The first kappa shape index (κ1) is 11.9. The molecule has 0 atom stereocenters. The van der Waals surface area contributed by atoms with Gasteiger partial charge in [0.25, 0.3) is 0 Å². The second-order valence-electron chi connectivity index (χ2n) is 3.54. The average Bonchev–Trinajstić information content (AvgIpc) is 2.39. The molecular weight excluding hydrogens is 235 g/mol. The first-order valence-corrected chi connectivity index (χ1v) is 5.08. The summed E-state index contributed by atoms with van der Waals surface area (Å²) in [5.41, 5.74) is 0.862. The minimum absolute atomic E-state index is 0.0753. The van der Waals surface area contributed by atoms with Gasteiger partial charge < -0.3 is 9.84 Å². The summed E-state index contributed by atoms with van der Waals surface area (Å²) in [6, 6.07) is 7.23. The Morgan fingerprint density at radius 2 is 2.17 bits per heavy atom. The van der Waals surface area contributed by atoms with Gasteiger partial charge >= 0.3 is 0 Å². The van der Waals surface area contributed by atoms with Crippen molar-refractivity contribution in [3.8, 4) is 28.8 Å². The van der Waals surface area contributed by atoms with E-state index in [0.717, 1.165) is 6.20 Å². The first-order chi connectivity index (χ1) is 8.65. The van der Waals surface area contributed by atoms with E-state index in [4.69, 9.17) is 10.00 Å². The lowest BCUT2D eigenvalue weighted by Gasteiger charge is -2.08. The van der Waals surface area contributed by atoms with Gasteiger partial charge in [-0.2, -0.15) is 5.26 Å². The van der Waals surface area contributed by atoms with Gasteiger partial charge in [-0.1, -0.05) is 0 Å². The normalized spacial score (nSPS) is 9.83. The Kier molecular flexibility index (Phi) is 3.11. The number of hydrogen-bond acceptors (Lipinski definition) is 4. The highest BCUT2D eigenvalue weighted by Gasteiger charge is 2.11. The molecule has 2 rings (SSSR count). The van der Waals surface area contributed by atoms with Crippen molar-refractivity contribution < 1.29 is 14.2 Å². The number of nitrogens with zero attached hydrogens (tertiary/aromatic N) is 2. The predicted octanol–water partition coefficient (Wildman–Crippen LogP) is 2.47. The molecule has 0 aliphatic rings. The zero-order valence-electron chi connectivity index (χ0n) is 9.51. The summed E-state index contributed by atoms with van der Waals surface area (Å²) in [7, 11) is 1.46. The highest BCUT2D eigenvalue weighted by atomic mass is 19.1. The summed E-state index contributed by atoms with van der Waals surface area (Å²) < 4.78 is 18.3. The largest absolute Gasteiger partial charge is 0.505 e. The van der Waals surface area contributed by atoms with Crippen LogP contribution < -0.4 is 4.74 Å². The number of ether oxygens (including phenoxy) is 1. The third-order valence-corrected chi connectivity index (χ3v) is 2.44. The number of aromatic nitrogens is 1. The van der Waals surface area contributed by atoms with Crippen molar-refractivity contribution in [3.63, 3.8) is 0 Å². The lowest BCUT2D eigenvalue weighted by molar-refractivity contribution is 0.415. The molecule has 0 spiro atoms. The highest BCUT2D eigenvalue weighted by Crippen LogP contribution is 2.31. The standard InChI is InChI=1S/C13H9FN2O2/c1-18-13-3-2-9(14)5-10(13)11-4-8(6-15)12(17)7-16-11/h2-5,7,17H,1H3. The van der Waals surface area contributed by atoms with Crippen LogP contribution in [0.3, 0.4) is 0 Å². The van der Waals surface area contributed by atoms with Crippen molar-refractivity contribution >= 4 is 0 Å². The van der Waals surface area contributed by atoms with E-state index in [1.165, 1.54) is 31.4 Å². The van der Waals surface area contributed by atoms with Crippen LogP contribution >= 0.6 is 0 Å². The Bertz CT molecular complexity index is 635. The molecule has 0 amide bonds. The number of methoxy groups -OCH3 is 1. The van der Waals surface area contributed by atoms with E-state index in [1.54, 1.807) is 0 Å². The summed E-state index contributed by atoms with van der Waals surface area (Å²) in [6.07, 6.45) is 1.15. The number of rotatable bonds is 2. The molecule has 0 radical (unpaired) electrons. The Labute approximate surface area is 103 Å². The zero-order chi connectivity index (χ0) is 13.1. The number of hydrogen-bond donors (Lipinski definition) is 1. The van der Waals surface area contributed by atoms with Crippen LogP contribution in [0, 0.1) is 17.1 Å². The van der Waals surface area contributed by atoms with Crippen LogP contribution in [0.15, 0.2) is 30.5 Å². The quantitative estimate of drug-likeness (QED) is 0.881. The van der Waals surface area contributed by atoms with Crippen molar-refractivity contribution in [2.45, 2.75) is 0 Å². The van der Waals surface area contributed by atoms with Crippen LogP contribution in [0.1, 0.15) is 5.56 Å². The average molecular weight is 244 g/mol. The minimum Gasteiger partial charge on any atom is -0.505 e. The van der Waals surface area contributed by atoms with E-state index < -0.39 is 5.82 Å². The Morgan fingerprint density at radius 1 is 1.39 bits per heavy atom. The van der Waals surface area contributed by atoms with Gasteiger partial charge in [-0.25, -0.2) is 4.39 Å². The van der Waals surface area contributed by atoms with Crippen molar-refractivity contribution in [1.82, 2.24) is 4.98 Å². The Hall–Kier alpha value is -2.61. The number of aromatic hydroxyl groups is 1. The Morgan fingerprint density at radius 3 is 2.83 bits per heavy atom. The van der Waals surface area contributed by atoms with E-state index in [9.17, 15) is 9.50 Å². The number of halogens is 1. The molecule has 5 heteroatoms. The van der Waals surface area contributed by atoms with Gasteiger partial charge in [-0.3, -0.25) is 4.98 Å². The lowest BCUT2D eigenvalue weighted by atomic mass is 10.1. The van der Waals surface area contributed by atoms with Gasteiger partial charge in [0.2, 0.25) is 0 Å². The van der Waals surface area contributed by atoms with E-state index in [1.807, 2.05) is 6.07 Å². The topological polar surface area (TPSA) is 66.1 Å². The Balaban J connectivity index is 2.62. The highest BCUT2D eigenvalue weighted by molar-refractivity contribution is 5.69. The maximum absolute atomic E-state index is 13.2. The van der Waals surface area contributed by atoms with Gasteiger partial charge in [0.1, 0.15) is 17.6 Å². The maximum Gasteiger partial charge on any atom is 0.151 e. The predicted molar refractivity (Wildman–Crippen MR) is 62.6 cm³/mol. The van der Waals surface area contributed by atoms with E-state index in [2.05, 4.69) is 4.98 Å². The van der Waals surface area contributed by atoms with Crippen LogP contribution in [0.5, 0.6) is 11.5 Å². The van der Waals surface area contributed by atoms with Gasteiger partial charge in [-0.15, -0.1) is 0 Å². The minimum atomic E-state index is -0.431. The van der Waals surface area contributed by atoms with Crippen molar-refractivity contribution in [1.29, 1.82) is 5.26 Å². The number of pyridine rings is 1. The molecular formula is C13H9FN2O2. The van der Waals surface area contributed by atoms with Gasteiger partial charge in [0, 0.05) is 5.56 Å². The molecule has 4 nitrogen and oxygen atoms in total. The summed E-state index contributed by atoms with van der Waals surface area (Å²) in [4.78, 5) is 3.96. The molecule has 2 aromatic rings. The van der Waals surface area contributed by atoms with Gasteiger partial charge in [0.15, 0.2) is 5.75 Å². The number of nitriles is 1. The summed E-state index contributed by atoms with van der Waals surface area (Å²) in [5, 5.41) is 18.2. The third-order valence-electron chi connectivity index (χ3n) is 2.44. The fourth-order valence-corrected chi connectivity index (χ4v) is 1.57. The molecule has 18 heavy (non-hydrogen) atoms. The maximum atomic E-state index is 13.2.